The highest BCUT2D eigenvalue weighted by Crippen LogP contribution is 2.52. The van der Waals surface area contributed by atoms with Gasteiger partial charge in [0.25, 0.3) is 5.91 Å². The number of hydrogen-bond acceptors (Lipinski definition) is 6. The molecule has 1 spiro atoms. The van der Waals surface area contributed by atoms with Crippen LogP contribution in [0.25, 0.3) is 0 Å². The number of carbonyl (C=O) groups excluding carboxylic acids is 2. The molecule has 1 aromatic carbocycles. The zero-order valence-electron chi connectivity index (χ0n) is 16.5. The predicted octanol–water partition coefficient (Wildman–Crippen LogP) is 3.01. The van der Waals surface area contributed by atoms with E-state index in [4.69, 9.17) is 4.74 Å². The maximum atomic E-state index is 13.4. The molecule has 4 rings (SSSR count). The summed E-state index contributed by atoms with van der Waals surface area (Å²) in [5.74, 6) is -1.15. The fraction of sp³-hybridized carbons (Fsp3) is 0.600. The Kier molecular flexibility index (Phi) is 5.08. The minimum absolute atomic E-state index is 0.135. The Labute approximate surface area is 171 Å². The van der Waals surface area contributed by atoms with Crippen LogP contribution in [0.15, 0.2) is 34.5 Å². The number of amides is 1. The molecule has 0 saturated carbocycles. The van der Waals surface area contributed by atoms with Gasteiger partial charge in [0, 0.05) is 17.7 Å². The van der Waals surface area contributed by atoms with E-state index in [1.165, 1.54) is 24.3 Å². The summed E-state index contributed by atoms with van der Waals surface area (Å²) in [5, 5.41) is 9.68. The second-order valence-electron chi connectivity index (χ2n) is 7.85. The Hall–Kier alpha value is -2.49. The topological polar surface area (TPSA) is 83.4 Å². The number of nitrogens with zero attached hydrogens (tertiary/aromatic N) is 3. The first-order valence-corrected chi connectivity index (χ1v) is 10.1. The van der Waals surface area contributed by atoms with Gasteiger partial charge in [-0.15, -0.1) is 10.2 Å². The van der Waals surface area contributed by atoms with Gasteiger partial charge in [0.15, 0.2) is 0 Å². The molecule has 1 atom stereocenters. The maximum Gasteiger partial charge on any atom is 0.442 e. The first-order valence-electron chi connectivity index (χ1n) is 10.1. The van der Waals surface area contributed by atoms with Gasteiger partial charge in [0.1, 0.15) is 0 Å². The van der Waals surface area contributed by atoms with Crippen LogP contribution in [0.4, 0.5) is 13.2 Å². The van der Waals surface area contributed by atoms with Crippen LogP contribution in [0.5, 0.6) is 0 Å². The van der Waals surface area contributed by atoms with Crippen molar-refractivity contribution in [1.29, 1.82) is 0 Å². The highest BCUT2D eigenvalue weighted by atomic mass is 19.4. The van der Waals surface area contributed by atoms with Gasteiger partial charge < -0.3 is 15.0 Å². The average molecular weight is 424 g/mol. The molecular formula is C20H23F3N4O3. The lowest BCUT2D eigenvalue weighted by Crippen LogP contribution is -2.57. The maximum absolute atomic E-state index is 13.4. The fourth-order valence-corrected chi connectivity index (χ4v) is 4.77. The Morgan fingerprint density at radius 3 is 2.57 bits per heavy atom. The lowest BCUT2D eigenvalue weighted by Gasteiger charge is -2.44. The number of ether oxygens (including phenoxy) is 1. The number of esters is 1. The number of piperidine rings is 1. The minimum atomic E-state index is -4.66. The highest BCUT2D eigenvalue weighted by Gasteiger charge is 2.65. The number of hydrogen-bond donors (Lipinski definition) is 1. The van der Waals surface area contributed by atoms with Crippen LogP contribution in [-0.4, -0.2) is 54.7 Å². The number of rotatable bonds is 4. The molecular weight excluding hydrogens is 401 g/mol. The van der Waals surface area contributed by atoms with E-state index in [0.29, 0.717) is 38.9 Å². The Morgan fingerprint density at radius 1 is 1.27 bits per heavy atom. The summed E-state index contributed by atoms with van der Waals surface area (Å²) in [6.45, 7) is 3.64. The molecule has 0 bridgehead atoms. The fourth-order valence-electron chi connectivity index (χ4n) is 4.77. The summed E-state index contributed by atoms with van der Waals surface area (Å²) in [5.41, 5.74) is -3.31. The van der Waals surface area contributed by atoms with Gasteiger partial charge in [-0.25, -0.2) is 0 Å². The first-order chi connectivity index (χ1) is 14.2. The summed E-state index contributed by atoms with van der Waals surface area (Å²) in [6, 6.07) is 5.39. The van der Waals surface area contributed by atoms with E-state index in [0.717, 1.165) is 0 Å². The minimum Gasteiger partial charge on any atom is -0.466 e. The molecule has 7 nitrogen and oxygen atoms in total. The second-order valence-corrected chi connectivity index (χ2v) is 7.85. The number of halogens is 3. The highest BCUT2D eigenvalue weighted by molar-refractivity contribution is 5.96. The Balaban J connectivity index is 1.64. The van der Waals surface area contributed by atoms with Gasteiger partial charge in [-0.2, -0.15) is 13.2 Å². The molecule has 0 radical (unpaired) electrons. The van der Waals surface area contributed by atoms with Crippen LogP contribution in [-0.2, 0) is 15.2 Å². The zero-order chi connectivity index (χ0) is 21.6. The van der Waals surface area contributed by atoms with Gasteiger partial charge in [0.05, 0.1) is 18.1 Å². The number of carbonyl (C=O) groups is 2. The van der Waals surface area contributed by atoms with Gasteiger partial charge in [0.2, 0.25) is 0 Å². The molecule has 1 unspecified atom stereocenters. The van der Waals surface area contributed by atoms with E-state index >= 15 is 0 Å². The average Bonchev–Trinajstić information content (AvgIpc) is 3.47. The SMILES string of the molecule is CCOC(=O)C1CCN(C(=O)c2cccc(C3(C(F)(F)F)N=N3)c2)C12CCNCC2. The second kappa shape index (κ2) is 7.33. The van der Waals surface area contributed by atoms with Crippen molar-refractivity contribution < 1.29 is 27.5 Å². The largest absolute Gasteiger partial charge is 0.466 e. The van der Waals surface area contributed by atoms with Crippen LogP contribution in [0.1, 0.15) is 42.1 Å². The molecule has 2 fully saturated rings. The van der Waals surface area contributed by atoms with Crippen LogP contribution in [0.2, 0.25) is 0 Å². The lowest BCUT2D eigenvalue weighted by atomic mass is 9.77. The van der Waals surface area contributed by atoms with Gasteiger partial charge in [-0.05, 0) is 51.4 Å². The van der Waals surface area contributed by atoms with Crippen molar-refractivity contribution in [2.24, 2.45) is 16.1 Å². The van der Waals surface area contributed by atoms with Crippen molar-refractivity contribution in [3.63, 3.8) is 0 Å². The molecule has 30 heavy (non-hydrogen) atoms. The summed E-state index contributed by atoms with van der Waals surface area (Å²) in [4.78, 5) is 27.7. The van der Waals surface area contributed by atoms with Crippen molar-refractivity contribution in [2.75, 3.05) is 26.2 Å². The molecule has 162 valence electrons. The smallest absolute Gasteiger partial charge is 0.442 e. The van der Waals surface area contributed by atoms with Crippen LogP contribution in [0.3, 0.4) is 0 Å². The third-order valence-electron chi connectivity index (χ3n) is 6.32. The predicted molar refractivity (Wildman–Crippen MR) is 99.6 cm³/mol. The monoisotopic (exact) mass is 424 g/mol. The lowest BCUT2D eigenvalue weighted by molar-refractivity contribution is -0.166. The summed E-state index contributed by atoms with van der Waals surface area (Å²) in [6.07, 6.45) is -3.02. The quantitative estimate of drug-likeness (QED) is 0.754. The van der Waals surface area contributed by atoms with E-state index < -0.39 is 23.3 Å². The standard InChI is InChI=1S/C20H23F3N4O3/c1-2-30-17(29)15-6-11-27(18(15)7-9-24-10-8-18)16(28)13-4-3-5-14(12-13)19(25-26-19)20(21,22)23/h3-5,12,15,24H,2,6-11H2,1H3. The van der Waals surface area contributed by atoms with Crippen LogP contribution in [0, 0.1) is 5.92 Å². The van der Waals surface area contributed by atoms with Crippen LogP contribution >= 0.6 is 0 Å². The molecule has 1 aromatic rings. The van der Waals surface area contributed by atoms with E-state index in [1.54, 1.807) is 11.8 Å². The summed E-state index contributed by atoms with van der Waals surface area (Å²) < 4.78 is 45.4. The van der Waals surface area contributed by atoms with Crippen molar-refractivity contribution in [1.82, 2.24) is 10.2 Å². The Morgan fingerprint density at radius 2 is 1.97 bits per heavy atom. The van der Waals surface area contributed by atoms with E-state index in [2.05, 4.69) is 15.5 Å². The molecule has 3 heterocycles. The molecule has 3 aliphatic heterocycles. The summed E-state index contributed by atoms with van der Waals surface area (Å²) >= 11 is 0. The van der Waals surface area contributed by atoms with E-state index in [1.807, 2.05) is 0 Å². The molecule has 0 aliphatic carbocycles. The number of nitrogens with one attached hydrogen (secondary N) is 1. The van der Waals surface area contributed by atoms with Gasteiger partial charge in [-0.3, -0.25) is 9.59 Å². The third kappa shape index (κ3) is 3.17. The number of alkyl halides is 3. The molecule has 0 aromatic heterocycles. The molecule has 1 N–H and O–H groups in total. The third-order valence-corrected chi connectivity index (χ3v) is 6.32. The van der Waals surface area contributed by atoms with Gasteiger partial charge >= 0.3 is 17.8 Å². The normalized spacial score (nSPS) is 24.1. The van der Waals surface area contributed by atoms with Crippen molar-refractivity contribution in [2.45, 2.75) is 43.6 Å². The summed E-state index contributed by atoms with van der Waals surface area (Å²) in [7, 11) is 0. The molecule has 1 amide bonds. The van der Waals surface area contributed by atoms with E-state index in [-0.39, 0.29) is 29.6 Å². The van der Waals surface area contributed by atoms with Crippen molar-refractivity contribution >= 4 is 11.9 Å². The van der Waals surface area contributed by atoms with Crippen molar-refractivity contribution in [3.05, 3.63) is 35.4 Å². The molecule has 10 heteroatoms. The molecule has 3 aliphatic rings. The van der Waals surface area contributed by atoms with Crippen LogP contribution < -0.4 is 5.32 Å². The van der Waals surface area contributed by atoms with Crippen molar-refractivity contribution in [3.8, 4) is 0 Å². The number of benzene rings is 1. The Bertz CT molecular complexity index is 874. The van der Waals surface area contributed by atoms with E-state index in [9.17, 15) is 22.8 Å². The zero-order valence-corrected chi connectivity index (χ0v) is 16.5. The molecule has 2 saturated heterocycles. The number of likely N-dealkylation sites (tertiary alicyclic amines) is 1. The van der Waals surface area contributed by atoms with Gasteiger partial charge in [-0.1, -0.05) is 12.1 Å². The first kappa shape index (κ1) is 20.8.